The molecule has 0 bridgehead atoms. The van der Waals surface area contributed by atoms with Crippen LogP contribution in [0.2, 0.25) is 0 Å². The van der Waals surface area contributed by atoms with Crippen molar-refractivity contribution in [3.05, 3.63) is 106 Å². The second kappa shape index (κ2) is 9.40. The molecule has 0 saturated heterocycles. The maximum absolute atomic E-state index is 7.49. The maximum Gasteiger partial charge on any atom is 0.128 e. The molecule has 0 aliphatic carbocycles. The summed E-state index contributed by atoms with van der Waals surface area (Å²) in [5, 5.41) is 10.8. The van der Waals surface area contributed by atoms with Crippen LogP contribution in [0.4, 0.5) is 0 Å². The molecule has 0 spiro atoms. The number of nitrogens with one attached hydrogen (secondary N) is 2. The third kappa shape index (κ3) is 5.15. The summed E-state index contributed by atoms with van der Waals surface area (Å²) >= 11 is 0. The molecule has 4 N–H and O–H groups in total. The van der Waals surface area contributed by atoms with E-state index in [4.69, 9.17) is 11.1 Å². The second-order valence-electron chi connectivity index (χ2n) is 7.78. The van der Waals surface area contributed by atoms with Crippen LogP contribution < -0.4 is 11.1 Å². The van der Waals surface area contributed by atoms with Gasteiger partial charge in [-0.15, -0.1) is 0 Å². The lowest BCUT2D eigenvalue weighted by Crippen LogP contribution is -2.19. The molecule has 3 aromatic carbocycles. The van der Waals surface area contributed by atoms with Gasteiger partial charge >= 0.3 is 0 Å². The molecular weight excluding hydrogens is 368 g/mol. The molecule has 0 fully saturated rings. The lowest BCUT2D eigenvalue weighted by Gasteiger charge is -2.08. The minimum absolute atomic E-state index is 0.118. The first-order chi connectivity index (χ1) is 14.7. The van der Waals surface area contributed by atoms with Gasteiger partial charge in [0.25, 0.3) is 0 Å². The highest BCUT2D eigenvalue weighted by molar-refractivity contribution is 5.99. The molecule has 1 aliphatic heterocycles. The first-order valence-electron chi connectivity index (χ1n) is 10.6. The van der Waals surface area contributed by atoms with Crippen molar-refractivity contribution in [3.8, 4) is 0 Å². The fourth-order valence-electron chi connectivity index (χ4n) is 3.79. The van der Waals surface area contributed by atoms with Crippen LogP contribution in [0.15, 0.2) is 77.8 Å². The Bertz CT molecular complexity index is 1030. The third-order valence-electron chi connectivity index (χ3n) is 5.56. The molecule has 4 nitrogen and oxygen atoms in total. The zero-order valence-corrected chi connectivity index (χ0v) is 17.2. The number of aryl methyl sites for hydroxylation is 4. The average Bonchev–Trinajstić information content (AvgIpc) is 3.32. The number of rotatable bonds is 8. The Morgan fingerprint density at radius 2 is 1.37 bits per heavy atom. The summed E-state index contributed by atoms with van der Waals surface area (Å²) < 4.78 is 0. The van der Waals surface area contributed by atoms with E-state index in [0.717, 1.165) is 50.2 Å². The molecular formula is C26H28N4. The summed E-state index contributed by atoms with van der Waals surface area (Å²) in [7, 11) is 0. The predicted octanol–water partition coefficient (Wildman–Crippen LogP) is 3.89. The number of amidine groups is 2. The fourth-order valence-corrected chi connectivity index (χ4v) is 3.79. The lowest BCUT2D eigenvalue weighted by molar-refractivity contribution is 0.930. The molecule has 0 radical (unpaired) electrons. The number of nitrogen functional groups attached to an aromatic ring is 1. The van der Waals surface area contributed by atoms with E-state index >= 15 is 0 Å². The van der Waals surface area contributed by atoms with Crippen LogP contribution in [0.5, 0.6) is 0 Å². The maximum atomic E-state index is 7.49. The minimum atomic E-state index is 0.118. The van der Waals surface area contributed by atoms with Gasteiger partial charge in [-0.2, -0.15) is 0 Å². The van der Waals surface area contributed by atoms with Crippen LogP contribution in [-0.2, 0) is 25.7 Å². The molecule has 0 aromatic heterocycles. The van der Waals surface area contributed by atoms with Crippen molar-refractivity contribution in [2.45, 2.75) is 25.7 Å². The van der Waals surface area contributed by atoms with E-state index in [9.17, 15) is 0 Å². The SMILES string of the molecule is N=C(N)c1ccc(CCc2cccc(CCc3ccc(C4=NCCN4)cc3)c2)cc1. The van der Waals surface area contributed by atoms with E-state index in [1.807, 2.05) is 12.1 Å². The van der Waals surface area contributed by atoms with Gasteiger partial charge < -0.3 is 11.1 Å². The number of hydrogen-bond donors (Lipinski definition) is 3. The molecule has 1 aliphatic rings. The molecule has 1 heterocycles. The number of benzene rings is 3. The Labute approximate surface area is 178 Å². The van der Waals surface area contributed by atoms with Gasteiger partial charge in [-0.25, -0.2) is 0 Å². The quantitative estimate of drug-likeness (QED) is 0.399. The van der Waals surface area contributed by atoms with E-state index in [1.165, 1.54) is 27.8 Å². The number of nitrogens with two attached hydrogens (primary N) is 1. The van der Waals surface area contributed by atoms with Crippen molar-refractivity contribution in [1.82, 2.24) is 5.32 Å². The monoisotopic (exact) mass is 396 g/mol. The van der Waals surface area contributed by atoms with Gasteiger partial charge in [0.05, 0.1) is 6.54 Å². The van der Waals surface area contributed by atoms with Gasteiger partial charge in [-0.05, 0) is 47.9 Å². The number of nitrogens with zero attached hydrogens (tertiary/aromatic N) is 1. The highest BCUT2D eigenvalue weighted by atomic mass is 15.1. The molecule has 30 heavy (non-hydrogen) atoms. The molecule has 152 valence electrons. The van der Waals surface area contributed by atoms with Gasteiger partial charge in [-0.3, -0.25) is 10.4 Å². The Hall–Kier alpha value is -3.40. The van der Waals surface area contributed by atoms with Crippen molar-refractivity contribution in [2.75, 3.05) is 13.1 Å². The first-order valence-corrected chi connectivity index (χ1v) is 10.6. The van der Waals surface area contributed by atoms with E-state index in [0.29, 0.717) is 0 Å². The Kier molecular flexibility index (Phi) is 6.23. The van der Waals surface area contributed by atoms with E-state index in [-0.39, 0.29) is 5.84 Å². The van der Waals surface area contributed by atoms with Crippen molar-refractivity contribution < 1.29 is 0 Å². The van der Waals surface area contributed by atoms with Gasteiger partial charge in [-0.1, -0.05) is 72.8 Å². The summed E-state index contributed by atoms with van der Waals surface area (Å²) in [6.07, 6.45) is 4.08. The topological polar surface area (TPSA) is 74.3 Å². The van der Waals surface area contributed by atoms with Gasteiger partial charge in [0.1, 0.15) is 11.7 Å². The molecule has 0 saturated carbocycles. The minimum Gasteiger partial charge on any atom is -0.384 e. The fraction of sp³-hybridized carbons (Fsp3) is 0.231. The Balaban J connectivity index is 1.31. The number of aliphatic imine (C=N–C) groups is 1. The standard InChI is InChI=1S/C26H28N4/c27-25(28)23-12-8-19(9-13-23)4-6-21-2-1-3-22(18-21)7-5-20-10-14-24(15-11-20)26-29-16-17-30-26/h1-3,8-15,18H,4-7,16-17H2,(H3,27,28)(H,29,30). The predicted molar refractivity (Wildman–Crippen MR) is 125 cm³/mol. The van der Waals surface area contributed by atoms with E-state index in [2.05, 4.69) is 71.0 Å². The highest BCUT2D eigenvalue weighted by Gasteiger charge is 2.07. The summed E-state index contributed by atoms with van der Waals surface area (Å²) in [6, 6.07) is 25.7. The van der Waals surface area contributed by atoms with Gasteiger partial charge in [0.15, 0.2) is 0 Å². The van der Waals surface area contributed by atoms with Gasteiger partial charge in [0.2, 0.25) is 0 Å². The highest BCUT2D eigenvalue weighted by Crippen LogP contribution is 2.14. The van der Waals surface area contributed by atoms with Crippen LogP contribution in [0.3, 0.4) is 0 Å². The van der Waals surface area contributed by atoms with Crippen molar-refractivity contribution in [2.24, 2.45) is 10.7 Å². The van der Waals surface area contributed by atoms with Crippen molar-refractivity contribution in [3.63, 3.8) is 0 Å². The summed E-state index contributed by atoms with van der Waals surface area (Å²) in [5.74, 6) is 1.14. The zero-order chi connectivity index (χ0) is 20.8. The lowest BCUT2D eigenvalue weighted by atomic mass is 9.98. The second-order valence-corrected chi connectivity index (χ2v) is 7.78. The number of hydrogen-bond acceptors (Lipinski definition) is 3. The normalized spacial score (nSPS) is 13.0. The zero-order valence-electron chi connectivity index (χ0n) is 17.2. The summed E-state index contributed by atoms with van der Waals surface area (Å²) in [4.78, 5) is 4.48. The Morgan fingerprint density at radius 1 is 0.800 bits per heavy atom. The van der Waals surface area contributed by atoms with Crippen LogP contribution in [0.1, 0.15) is 33.4 Å². The van der Waals surface area contributed by atoms with E-state index in [1.54, 1.807) is 0 Å². The van der Waals surface area contributed by atoms with Crippen molar-refractivity contribution in [1.29, 1.82) is 5.41 Å². The Morgan fingerprint density at radius 3 is 1.90 bits per heavy atom. The van der Waals surface area contributed by atoms with Crippen LogP contribution in [0.25, 0.3) is 0 Å². The largest absolute Gasteiger partial charge is 0.384 e. The summed E-state index contributed by atoms with van der Waals surface area (Å²) in [6.45, 7) is 1.81. The van der Waals surface area contributed by atoms with Crippen LogP contribution >= 0.6 is 0 Å². The average molecular weight is 397 g/mol. The molecule has 4 heteroatoms. The summed E-state index contributed by atoms with van der Waals surface area (Å²) in [5.41, 5.74) is 12.9. The molecule has 0 unspecified atom stereocenters. The van der Waals surface area contributed by atoms with E-state index < -0.39 is 0 Å². The van der Waals surface area contributed by atoms with Crippen molar-refractivity contribution >= 4 is 11.7 Å². The molecule has 3 aromatic rings. The first kappa shape index (κ1) is 19.9. The molecule has 0 amide bonds. The molecule has 0 atom stereocenters. The molecule has 4 rings (SSSR count). The smallest absolute Gasteiger partial charge is 0.128 e. The van der Waals surface area contributed by atoms with Gasteiger partial charge in [0, 0.05) is 17.7 Å². The third-order valence-corrected chi connectivity index (χ3v) is 5.56. The van der Waals surface area contributed by atoms with Crippen LogP contribution in [0, 0.1) is 5.41 Å². The van der Waals surface area contributed by atoms with Crippen LogP contribution in [-0.4, -0.2) is 24.8 Å².